The maximum absolute atomic E-state index is 12.3. The van der Waals surface area contributed by atoms with Crippen LogP contribution in [0.2, 0.25) is 0 Å². The second-order valence-corrected chi connectivity index (χ2v) is 7.36. The van der Waals surface area contributed by atoms with E-state index >= 15 is 0 Å². The fourth-order valence-corrected chi connectivity index (χ4v) is 3.66. The van der Waals surface area contributed by atoms with Gasteiger partial charge in [0.25, 0.3) is 0 Å². The number of carbonyl (C=O) groups is 1. The molecular weight excluding hydrogens is 308 g/mol. The van der Waals surface area contributed by atoms with Gasteiger partial charge in [-0.1, -0.05) is 57.4 Å². The number of esters is 1. The van der Waals surface area contributed by atoms with Gasteiger partial charge in [-0.25, -0.2) is 4.79 Å². The number of aryl methyl sites for hydroxylation is 1. The summed E-state index contributed by atoms with van der Waals surface area (Å²) >= 11 is 0. The van der Waals surface area contributed by atoms with Crippen molar-refractivity contribution in [2.24, 2.45) is 5.92 Å². The highest BCUT2D eigenvalue weighted by atomic mass is 16.5. The van der Waals surface area contributed by atoms with Crippen molar-refractivity contribution in [2.75, 3.05) is 0 Å². The lowest BCUT2D eigenvalue weighted by Gasteiger charge is -2.26. The lowest BCUT2D eigenvalue weighted by atomic mass is 9.79. The summed E-state index contributed by atoms with van der Waals surface area (Å²) in [5.41, 5.74) is 3.24. The van der Waals surface area contributed by atoms with Gasteiger partial charge in [-0.15, -0.1) is 0 Å². The predicted molar refractivity (Wildman–Crippen MR) is 102 cm³/mol. The Hall–Kier alpha value is -2.09. The van der Waals surface area contributed by atoms with Gasteiger partial charge in [-0.3, -0.25) is 0 Å². The number of hydrogen-bond acceptors (Lipinski definition) is 2. The molecular formula is C23H28O2. The molecule has 0 saturated heterocycles. The van der Waals surface area contributed by atoms with E-state index in [1.807, 2.05) is 36.4 Å². The molecule has 25 heavy (non-hydrogen) atoms. The summed E-state index contributed by atoms with van der Waals surface area (Å²) in [5, 5.41) is 0. The largest absolute Gasteiger partial charge is 0.423 e. The molecule has 2 heteroatoms. The minimum Gasteiger partial charge on any atom is -0.423 e. The van der Waals surface area contributed by atoms with Gasteiger partial charge in [0.15, 0.2) is 0 Å². The van der Waals surface area contributed by atoms with Crippen LogP contribution < -0.4 is 4.74 Å². The summed E-state index contributed by atoms with van der Waals surface area (Å²) in [6.45, 7) is 4.50. The molecule has 0 radical (unpaired) electrons. The Morgan fingerprint density at radius 1 is 0.960 bits per heavy atom. The zero-order valence-corrected chi connectivity index (χ0v) is 15.3. The molecule has 1 saturated carbocycles. The monoisotopic (exact) mass is 336 g/mol. The Balaban J connectivity index is 1.60. The second kappa shape index (κ2) is 8.33. The first-order chi connectivity index (χ1) is 12.2. The lowest BCUT2D eigenvalue weighted by molar-refractivity contribution is 0.0734. The van der Waals surface area contributed by atoms with Crippen molar-refractivity contribution in [3.8, 4) is 5.75 Å². The van der Waals surface area contributed by atoms with Crippen LogP contribution >= 0.6 is 0 Å². The normalized spacial score (nSPS) is 20.2. The molecule has 0 aromatic heterocycles. The molecule has 0 amide bonds. The molecule has 0 bridgehead atoms. The Morgan fingerprint density at radius 2 is 1.60 bits per heavy atom. The molecule has 1 aliphatic carbocycles. The van der Waals surface area contributed by atoms with Gasteiger partial charge >= 0.3 is 5.97 Å². The van der Waals surface area contributed by atoms with Crippen LogP contribution in [-0.4, -0.2) is 5.97 Å². The average molecular weight is 336 g/mol. The fraction of sp³-hybridized carbons (Fsp3) is 0.435. The van der Waals surface area contributed by atoms with Crippen LogP contribution in [0.15, 0.2) is 48.5 Å². The van der Waals surface area contributed by atoms with Crippen molar-refractivity contribution >= 4 is 5.97 Å². The van der Waals surface area contributed by atoms with E-state index < -0.39 is 0 Å². The number of carbonyl (C=O) groups excluding carboxylic acids is 1. The maximum Gasteiger partial charge on any atom is 0.343 e. The van der Waals surface area contributed by atoms with E-state index in [0.717, 1.165) is 18.8 Å². The van der Waals surface area contributed by atoms with Crippen molar-refractivity contribution in [2.45, 2.75) is 58.3 Å². The zero-order valence-electron chi connectivity index (χ0n) is 15.3. The molecule has 2 aromatic rings. The van der Waals surface area contributed by atoms with Crippen LogP contribution in [0.3, 0.4) is 0 Å². The number of hydrogen-bond donors (Lipinski definition) is 0. The molecule has 132 valence electrons. The van der Waals surface area contributed by atoms with E-state index in [1.165, 1.54) is 36.8 Å². The molecule has 1 fully saturated rings. The second-order valence-electron chi connectivity index (χ2n) is 7.36. The molecule has 2 aromatic carbocycles. The first-order valence-electron chi connectivity index (χ1n) is 9.56. The number of benzene rings is 2. The third-order valence-electron chi connectivity index (χ3n) is 5.31. The van der Waals surface area contributed by atoms with Gasteiger partial charge in [0, 0.05) is 0 Å². The average Bonchev–Trinajstić information content (AvgIpc) is 2.64. The Morgan fingerprint density at radius 3 is 2.20 bits per heavy atom. The fourth-order valence-electron chi connectivity index (χ4n) is 3.66. The lowest BCUT2D eigenvalue weighted by Crippen LogP contribution is -2.12. The first-order valence-corrected chi connectivity index (χ1v) is 9.56. The molecule has 0 heterocycles. The highest BCUT2D eigenvalue weighted by Crippen LogP contribution is 2.35. The van der Waals surface area contributed by atoms with Gasteiger partial charge in [0.05, 0.1) is 5.56 Å². The van der Waals surface area contributed by atoms with E-state index in [9.17, 15) is 4.79 Å². The Labute approximate surface area is 151 Å². The van der Waals surface area contributed by atoms with Gasteiger partial charge in [-0.2, -0.15) is 0 Å². The van der Waals surface area contributed by atoms with Crippen LogP contribution in [0, 0.1) is 5.92 Å². The number of rotatable bonds is 5. The summed E-state index contributed by atoms with van der Waals surface area (Å²) in [5.74, 6) is 1.82. The van der Waals surface area contributed by atoms with Crippen molar-refractivity contribution in [1.29, 1.82) is 0 Å². The standard InChI is InChI=1S/C23H28O2/c1-3-4-18-7-15-22(16-8-18)25-23(24)21-13-11-20(12-14-21)19-9-5-17(2)6-10-19/h7-8,11-17,19H,3-6,9-10H2,1-2H3. The molecule has 0 aliphatic heterocycles. The third-order valence-corrected chi connectivity index (χ3v) is 5.31. The van der Waals surface area contributed by atoms with E-state index in [2.05, 4.69) is 26.0 Å². The van der Waals surface area contributed by atoms with Gasteiger partial charge < -0.3 is 4.74 Å². The summed E-state index contributed by atoms with van der Waals surface area (Å²) in [4.78, 5) is 12.3. The van der Waals surface area contributed by atoms with Crippen LogP contribution in [0.4, 0.5) is 0 Å². The predicted octanol–water partition coefficient (Wildman–Crippen LogP) is 6.15. The highest BCUT2D eigenvalue weighted by Gasteiger charge is 2.20. The minimum absolute atomic E-state index is 0.285. The van der Waals surface area contributed by atoms with Crippen molar-refractivity contribution < 1.29 is 9.53 Å². The van der Waals surface area contributed by atoms with E-state index in [0.29, 0.717) is 17.2 Å². The summed E-state index contributed by atoms with van der Waals surface area (Å²) in [6.07, 6.45) is 7.30. The smallest absolute Gasteiger partial charge is 0.343 e. The first kappa shape index (κ1) is 17.7. The topological polar surface area (TPSA) is 26.3 Å². The van der Waals surface area contributed by atoms with Crippen LogP contribution in [0.1, 0.15) is 73.4 Å². The van der Waals surface area contributed by atoms with E-state index in [-0.39, 0.29) is 5.97 Å². The molecule has 0 unspecified atom stereocenters. The summed E-state index contributed by atoms with van der Waals surface area (Å²) in [7, 11) is 0. The molecule has 1 aliphatic rings. The summed E-state index contributed by atoms with van der Waals surface area (Å²) in [6, 6.07) is 15.8. The quantitative estimate of drug-likeness (QED) is 0.483. The molecule has 0 spiro atoms. The van der Waals surface area contributed by atoms with E-state index in [1.54, 1.807) is 0 Å². The Bertz CT molecular complexity index is 677. The van der Waals surface area contributed by atoms with Crippen LogP contribution in [0.25, 0.3) is 0 Å². The van der Waals surface area contributed by atoms with Gasteiger partial charge in [0.2, 0.25) is 0 Å². The maximum atomic E-state index is 12.3. The van der Waals surface area contributed by atoms with E-state index in [4.69, 9.17) is 4.74 Å². The summed E-state index contributed by atoms with van der Waals surface area (Å²) < 4.78 is 5.49. The minimum atomic E-state index is -0.285. The van der Waals surface area contributed by atoms with Crippen LogP contribution in [0.5, 0.6) is 5.75 Å². The van der Waals surface area contributed by atoms with Crippen LogP contribution in [-0.2, 0) is 6.42 Å². The highest BCUT2D eigenvalue weighted by molar-refractivity contribution is 5.91. The Kier molecular flexibility index (Phi) is 5.91. The molecule has 2 nitrogen and oxygen atoms in total. The SMILES string of the molecule is CCCc1ccc(OC(=O)c2ccc(C3CCC(C)CC3)cc2)cc1. The zero-order chi connectivity index (χ0) is 17.6. The van der Waals surface area contributed by atoms with Crippen molar-refractivity contribution in [3.05, 3.63) is 65.2 Å². The number of ether oxygens (including phenoxy) is 1. The van der Waals surface area contributed by atoms with Crippen molar-refractivity contribution in [3.63, 3.8) is 0 Å². The van der Waals surface area contributed by atoms with Gasteiger partial charge in [0.1, 0.15) is 5.75 Å². The molecule has 3 rings (SSSR count). The molecule has 0 N–H and O–H groups in total. The molecule has 0 atom stereocenters. The van der Waals surface area contributed by atoms with Crippen molar-refractivity contribution in [1.82, 2.24) is 0 Å². The third kappa shape index (κ3) is 4.72. The van der Waals surface area contributed by atoms with Gasteiger partial charge in [-0.05, 0) is 66.5 Å².